The van der Waals surface area contributed by atoms with E-state index in [0.29, 0.717) is 16.4 Å². The summed E-state index contributed by atoms with van der Waals surface area (Å²) in [5.41, 5.74) is 16.9. The Morgan fingerprint density at radius 1 is 0.366 bits per heavy atom. The fourth-order valence-electron chi connectivity index (χ4n) is 13.1. The van der Waals surface area contributed by atoms with Gasteiger partial charge in [-0.2, -0.15) is 5.10 Å². The number of aryl methyl sites for hydroxylation is 11. The van der Waals surface area contributed by atoms with E-state index in [0.717, 1.165) is 43.8 Å². The molecule has 2 aliphatic rings. The number of H-pyrrole nitrogens is 2. The van der Waals surface area contributed by atoms with E-state index in [1.165, 1.54) is 182 Å². The van der Waals surface area contributed by atoms with Gasteiger partial charge in [0, 0.05) is 92.2 Å². The van der Waals surface area contributed by atoms with Crippen LogP contribution in [0.3, 0.4) is 0 Å². The maximum absolute atomic E-state index is 11.5. The lowest BCUT2D eigenvalue weighted by Gasteiger charge is -2.15. The molecule has 18 heteroatoms. The first-order valence-corrected chi connectivity index (χ1v) is 48.9. The van der Waals surface area contributed by atoms with E-state index in [1.807, 2.05) is 260 Å². The molecule has 11 heterocycles. The first-order chi connectivity index (χ1) is 63.9. The molecule has 131 heavy (non-hydrogen) atoms. The van der Waals surface area contributed by atoms with Crippen LogP contribution in [0.25, 0.3) is 107 Å². The molecular weight excluding hydrogens is 1650 g/mol. The van der Waals surface area contributed by atoms with Crippen LogP contribution >= 0.6 is 22.7 Å². The molecule has 16 nitrogen and oxygen atoms in total. The first kappa shape index (κ1) is 115. The van der Waals surface area contributed by atoms with E-state index < -0.39 is 0 Å². The van der Waals surface area contributed by atoms with Crippen LogP contribution in [0.1, 0.15) is 209 Å². The number of rotatable bonds is 0. The summed E-state index contributed by atoms with van der Waals surface area (Å²) < 4.78 is 13.7. The third-order valence-electron chi connectivity index (χ3n) is 19.1. The summed E-state index contributed by atoms with van der Waals surface area (Å²) in [6, 6.07) is 76.6. The number of hydrogen-bond donors (Lipinski definition) is 2. The number of hydrogen-bond acceptors (Lipinski definition) is 13. The normalized spacial score (nSPS) is 10.6. The number of nitrogens with zero attached hydrogens (tertiary/aromatic N) is 10. The molecule has 9 aromatic carbocycles. The van der Waals surface area contributed by atoms with Crippen molar-refractivity contribution in [2.45, 2.75) is 219 Å². The molecule has 0 radical (unpaired) electrons. The fraction of sp³-hybridized carbons (Fsp3) is 0.336. The SMILES string of the molecule is CC.CC.CC.CC.CC.CC.CC.CC.CC.CC.CN1CCCC1.Cc1cc2ccccc2cn1.Cc1ccc2[nH]ccc2c1.Cc1ccc2c(c1)CCCC2.Cc1ccc2ccccc2n1.Cc1cccc2c1oc1ccccc12.Cc1cccc2c1sc1ccccc12.Cn1cnc2[nH]ncc2c1=O.Cn1cnc2ccccc2c1=O.Cn1cnc2ccsc2c1=O. The Labute approximate surface area is 790 Å². The molecular formula is C113H152N12O4S2. The predicted octanol–water partition coefficient (Wildman–Crippen LogP) is 31.3. The van der Waals surface area contributed by atoms with Crippen LogP contribution in [-0.2, 0) is 34.0 Å². The van der Waals surface area contributed by atoms with Crippen molar-refractivity contribution in [2.75, 3.05) is 20.1 Å². The highest BCUT2D eigenvalue weighted by Gasteiger charge is 2.11. The van der Waals surface area contributed by atoms with Gasteiger partial charge >= 0.3 is 0 Å². The highest BCUT2D eigenvalue weighted by Crippen LogP contribution is 2.36. The second-order valence-corrected chi connectivity index (χ2v) is 29.7. The van der Waals surface area contributed by atoms with Crippen molar-refractivity contribution in [3.05, 3.63) is 343 Å². The van der Waals surface area contributed by atoms with Crippen LogP contribution in [-0.4, -0.2) is 78.8 Å². The van der Waals surface area contributed by atoms with Crippen LogP contribution < -0.4 is 16.7 Å². The number of likely N-dealkylation sites (tertiary alicyclic amines) is 1. The Bertz CT molecular complexity index is 6240. The Balaban J connectivity index is 0.000000484. The lowest BCUT2D eigenvalue weighted by atomic mass is 9.91. The van der Waals surface area contributed by atoms with Crippen molar-refractivity contribution in [1.82, 2.24) is 58.7 Å². The molecule has 1 aliphatic carbocycles. The van der Waals surface area contributed by atoms with E-state index in [-0.39, 0.29) is 16.7 Å². The molecule has 10 aromatic heterocycles. The van der Waals surface area contributed by atoms with Crippen molar-refractivity contribution in [2.24, 2.45) is 21.1 Å². The smallest absolute Gasteiger partial charge is 0.271 e. The van der Waals surface area contributed by atoms with Crippen LogP contribution in [0.15, 0.2) is 286 Å². The summed E-state index contributed by atoms with van der Waals surface area (Å²) in [7, 11) is 7.23. The zero-order chi connectivity index (χ0) is 97.8. The third-order valence-corrected chi connectivity index (χ3v) is 21.3. The molecule has 0 amide bonds. The first-order valence-electron chi connectivity index (χ1n) is 47.2. The number of para-hydroxylation sites is 4. The summed E-state index contributed by atoms with van der Waals surface area (Å²) in [4.78, 5) is 60.2. The van der Waals surface area contributed by atoms with Gasteiger partial charge in [0.05, 0.1) is 47.1 Å². The summed E-state index contributed by atoms with van der Waals surface area (Å²) in [5.74, 6) is 0. The molecule has 0 bridgehead atoms. The van der Waals surface area contributed by atoms with Crippen molar-refractivity contribution in [3.8, 4) is 0 Å². The Hall–Kier alpha value is -12.4. The lowest BCUT2D eigenvalue weighted by molar-refractivity contribution is 0.418. The standard InChI is InChI=1S/C13H10O.C13H10S.C11H14.2C10H9N.C9H8N2O.C9H9N.C7H6N2OS.C6H6N4O.C5H11N.10C2H6/c2*1-9-5-4-7-11-10-6-2-3-8-12(10)14-13(9)11;1-9-6-7-10-4-2-3-5-11(10)8-9;1-8-6-9-4-2-3-5-10(9)7-11-8;1-8-6-7-9-4-2-3-5-10(9)11-8;1-11-6-10-8-5-3-2-4-7(8)9(11)12;1-7-2-3-9-8(6-7)4-5-10-9;1-9-4-8-5-2-3-11-6(5)7(9)10;1-10-3-7-5-4(6(10)11)2-8-9-5;1-6-4-2-3-5-6;10*1-2/h2*2-8H,1H3;6-8H,2-5H2,1H3;2*2-7H,1H3;2-6H,1H3;2-6,10H,1H3;2-4H,1H3;2-3H,1H3,(H,8,9);2-5H2,1H3;10*1-2H3. The number of benzene rings is 9. The topological polar surface area (TPSA) is 191 Å². The molecule has 1 fully saturated rings. The van der Waals surface area contributed by atoms with Gasteiger partial charge in [0.25, 0.3) is 16.7 Å². The van der Waals surface area contributed by atoms with Gasteiger partial charge in [0.1, 0.15) is 21.3 Å². The van der Waals surface area contributed by atoms with Crippen LogP contribution in [0.4, 0.5) is 0 Å². The van der Waals surface area contributed by atoms with Gasteiger partial charge < -0.3 is 28.0 Å². The molecule has 2 N–H and O–H groups in total. The number of nitrogens with one attached hydrogen (secondary N) is 2. The zero-order valence-corrected chi connectivity index (χ0v) is 86.1. The summed E-state index contributed by atoms with van der Waals surface area (Å²) >= 11 is 3.32. The molecule has 700 valence electrons. The molecule has 1 saturated heterocycles. The van der Waals surface area contributed by atoms with Gasteiger partial charge in [-0.3, -0.25) is 29.5 Å². The summed E-state index contributed by atoms with van der Waals surface area (Å²) in [6.07, 6.45) is 18.1. The van der Waals surface area contributed by atoms with Gasteiger partial charge in [0.15, 0.2) is 5.65 Å². The number of aromatic nitrogens is 11. The third kappa shape index (κ3) is 35.8. The Kier molecular flexibility index (Phi) is 57.9. The maximum Gasteiger partial charge on any atom is 0.271 e. The number of aromatic amines is 2. The van der Waals surface area contributed by atoms with E-state index in [9.17, 15) is 14.4 Å². The molecule has 0 saturated carbocycles. The van der Waals surface area contributed by atoms with E-state index in [2.05, 4.69) is 219 Å². The average Bonchev–Trinajstić information content (AvgIpc) is 1.64. The number of pyridine rings is 2. The van der Waals surface area contributed by atoms with Crippen LogP contribution in [0.2, 0.25) is 0 Å². The van der Waals surface area contributed by atoms with Crippen molar-refractivity contribution >= 4 is 130 Å². The van der Waals surface area contributed by atoms with Crippen LogP contribution in [0, 0.1) is 41.5 Å². The number of fused-ring (bicyclic) bond motifs is 13. The highest BCUT2D eigenvalue weighted by molar-refractivity contribution is 7.26. The minimum absolute atomic E-state index is 0.000556. The Morgan fingerprint density at radius 2 is 0.885 bits per heavy atom. The molecule has 1 aliphatic heterocycles. The monoisotopic (exact) mass is 1810 g/mol. The zero-order valence-electron chi connectivity index (χ0n) is 84.5. The van der Waals surface area contributed by atoms with E-state index in [1.54, 1.807) is 38.3 Å². The second-order valence-electron chi connectivity index (χ2n) is 27.7. The highest BCUT2D eigenvalue weighted by atomic mass is 32.1. The van der Waals surface area contributed by atoms with Crippen molar-refractivity contribution in [3.63, 3.8) is 0 Å². The van der Waals surface area contributed by atoms with Crippen LogP contribution in [0.5, 0.6) is 0 Å². The lowest BCUT2D eigenvalue weighted by Crippen LogP contribution is -2.16. The summed E-state index contributed by atoms with van der Waals surface area (Å²) in [5, 5.41) is 19.5. The number of furan rings is 1. The molecule has 0 atom stereocenters. The molecule has 0 unspecified atom stereocenters. The predicted molar refractivity (Wildman–Crippen MR) is 578 cm³/mol. The molecule has 21 rings (SSSR count). The largest absolute Gasteiger partial charge is 0.456 e. The van der Waals surface area contributed by atoms with Gasteiger partial charge in [-0.25, -0.2) is 15.0 Å². The maximum atomic E-state index is 11.5. The quantitative estimate of drug-likeness (QED) is 0.147. The summed E-state index contributed by atoms with van der Waals surface area (Å²) in [6.45, 7) is 55.2. The van der Waals surface area contributed by atoms with Crippen molar-refractivity contribution < 1.29 is 4.42 Å². The molecule has 0 spiro atoms. The van der Waals surface area contributed by atoms with Gasteiger partial charge in [-0.1, -0.05) is 307 Å². The van der Waals surface area contributed by atoms with Crippen molar-refractivity contribution in [1.29, 1.82) is 0 Å². The van der Waals surface area contributed by atoms with Gasteiger partial charge in [0.2, 0.25) is 0 Å². The minimum Gasteiger partial charge on any atom is -0.456 e. The average molecular weight is 1810 g/mol. The fourth-order valence-corrected chi connectivity index (χ4v) is 15.0. The van der Waals surface area contributed by atoms with Gasteiger partial charge in [-0.05, 0) is 205 Å². The van der Waals surface area contributed by atoms with E-state index >= 15 is 0 Å². The second kappa shape index (κ2) is 66.1. The number of thiophene rings is 2. The van der Waals surface area contributed by atoms with Gasteiger partial charge in [-0.15, -0.1) is 22.7 Å². The Morgan fingerprint density at radius 3 is 1.53 bits per heavy atom. The molecule has 19 aromatic rings. The van der Waals surface area contributed by atoms with E-state index in [4.69, 9.17) is 4.42 Å². The minimum atomic E-state index is -0.0799.